The van der Waals surface area contributed by atoms with E-state index >= 15 is 0 Å². The van der Waals surface area contributed by atoms with Gasteiger partial charge >= 0.3 is 5.97 Å². The molecule has 2 rings (SSSR count). The largest absolute Gasteiger partial charge is 0.478 e. The molecule has 0 atom stereocenters. The maximum atomic E-state index is 10.7. The molecule has 0 amide bonds. The number of benzene rings is 1. The molecule has 0 aliphatic heterocycles. The second kappa shape index (κ2) is 4.71. The molecule has 1 aromatic heterocycles. The van der Waals surface area contributed by atoms with Gasteiger partial charge in [-0.1, -0.05) is 23.5 Å². The van der Waals surface area contributed by atoms with E-state index in [-0.39, 0.29) is 5.56 Å². The maximum Gasteiger partial charge on any atom is 0.335 e. The third-order valence-corrected chi connectivity index (χ3v) is 2.63. The van der Waals surface area contributed by atoms with Crippen molar-refractivity contribution in [1.29, 1.82) is 0 Å². The van der Waals surface area contributed by atoms with Crippen molar-refractivity contribution in [3.05, 3.63) is 40.9 Å². The van der Waals surface area contributed by atoms with Crippen LogP contribution in [0.4, 0.5) is 5.13 Å². The first-order valence-electron chi connectivity index (χ1n) is 4.58. The summed E-state index contributed by atoms with van der Waals surface area (Å²) < 4.78 is 0. The predicted octanol–water partition coefficient (Wildman–Crippen LogP) is 1.85. The van der Waals surface area contributed by atoms with Crippen molar-refractivity contribution in [3.8, 4) is 0 Å². The van der Waals surface area contributed by atoms with Crippen LogP contribution in [-0.4, -0.2) is 21.3 Å². The van der Waals surface area contributed by atoms with Gasteiger partial charge < -0.3 is 10.4 Å². The zero-order chi connectivity index (χ0) is 11.4. The van der Waals surface area contributed by atoms with Gasteiger partial charge in [0.25, 0.3) is 0 Å². The Kier molecular flexibility index (Phi) is 3.11. The van der Waals surface area contributed by atoms with Crippen molar-refractivity contribution < 1.29 is 9.90 Å². The van der Waals surface area contributed by atoms with Crippen molar-refractivity contribution in [2.45, 2.75) is 6.54 Å². The summed E-state index contributed by atoms with van der Waals surface area (Å²) in [6.07, 6.45) is 0. The third-order valence-electron chi connectivity index (χ3n) is 1.98. The smallest absolute Gasteiger partial charge is 0.335 e. The van der Waals surface area contributed by atoms with Crippen LogP contribution < -0.4 is 5.32 Å². The van der Waals surface area contributed by atoms with Gasteiger partial charge in [-0.15, -0.1) is 10.2 Å². The minimum absolute atomic E-state index is 0.288. The Labute approximate surface area is 95.8 Å². The predicted molar refractivity (Wildman–Crippen MR) is 60.6 cm³/mol. The summed E-state index contributed by atoms with van der Waals surface area (Å²) in [6, 6.07) is 6.79. The highest BCUT2D eigenvalue weighted by atomic mass is 32.1. The fraction of sp³-hybridized carbons (Fsp3) is 0.100. The van der Waals surface area contributed by atoms with Gasteiger partial charge in [0.2, 0.25) is 5.13 Å². The Bertz CT molecular complexity index is 485. The minimum atomic E-state index is -0.919. The molecule has 82 valence electrons. The number of aromatic carboxylic acids is 1. The van der Waals surface area contributed by atoms with Crippen LogP contribution >= 0.6 is 11.3 Å². The zero-order valence-electron chi connectivity index (χ0n) is 8.25. The van der Waals surface area contributed by atoms with Crippen LogP contribution in [0.3, 0.4) is 0 Å². The average Bonchev–Trinajstić information content (AvgIpc) is 2.79. The number of hydrogen-bond donors (Lipinski definition) is 2. The normalized spacial score (nSPS) is 10.0. The van der Waals surface area contributed by atoms with E-state index in [0.29, 0.717) is 6.54 Å². The topological polar surface area (TPSA) is 75.1 Å². The first-order chi connectivity index (χ1) is 7.75. The first kappa shape index (κ1) is 10.6. The van der Waals surface area contributed by atoms with Gasteiger partial charge in [0.1, 0.15) is 5.51 Å². The molecule has 5 nitrogen and oxygen atoms in total. The molecule has 2 aromatic rings. The number of aromatic nitrogens is 2. The summed E-state index contributed by atoms with van der Waals surface area (Å²) in [5, 5.41) is 20.1. The molecule has 0 saturated heterocycles. The van der Waals surface area contributed by atoms with Gasteiger partial charge in [0, 0.05) is 6.54 Å². The number of anilines is 1. The van der Waals surface area contributed by atoms with Gasteiger partial charge in [-0.05, 0) is 17.7 Å². The molecule has 0 bridgehead atoms. The molecule has 16 heavy (non-hydrogen) atoms. The number of carbonyl (C=O) groups is 1. The Morgan fingerprint density at radius 3 is 3.06 bits per heavy atom. The second-order valence-electron chi connectivity index (χ2n) is 3.10. The summed E-state index contributed by atoms with van der Waals surface area (Å²) in [5.74, 6) is -0.919. The van der Waals surface area contributed by atoms with Crippen molar-refractivity contribution in [3.63, 3.8) is 0 Å². The number of nitrogens with zero attached hydrogens (tertiary/aromatic N) is 2. The van der Waals surface area contributed by atoms with E-state index in [1.165, 1.54) is 11.3 Å². The molecule has 2 N–H and O–H groups in total. The Hall–Kier alpha value is -1.95. The molecule has 0 fully saturated rings. The molecule has 0 radical (unpaired) electrons. The van der Waals surface area contributed by atoms with Gasteiger partial charge in [0.15, 0.2) is 0 Å². The lowest BCUT2D eigenvalue weighted by Crippen LogP contribution is -2.02. The molecular weight excluding hydrogens is 226 g/mol. The Morgan fingerprint density at radius 1 is 1.50 bits per heavy atom. The first-order valence-corrected chi connectivity index (χ1v) is 5.46. The van der Waals surface area contributed by atoms with Gasteiger partial charge in [-0.2, -0.15) is 0 Å². The second-order valence-corrected chi connectivity index (χ2v) is 3.94. The van der Waals surface area contributed by atoms with E-state index in [0.717, 1.165) is 10.7 Å². The lowest BCUT2D eigenvalue weighted by Gasteiger charge is -2.03. The van der Waals surface area contributed by atoms with Crippen molar-refractivity contribution in [1.82, 2.24) is 10.2 Å². The van der Waals surface area contributed by atoms with Crippen molar-refractivity contribution in [2.75, 3.05) is 5.32 Å². The lowest BCUT2D eigenvalue weighted by atomic mass is 10.1. The maximum absolute atomic E-state index is 10.7. The van der Waals surface area contributed by atoms with Crippen LogP contribution in [0.1, 0.15) is 15.9 Å². The zero-order valence-corrected chi connectivity index (χ0v) is 9.07. The van der Waals surface area contributed by atoms with Gasteiger partial charge in [-0.25, -0.2) is 4.79 Å². The molecule has 6 heteroatoms. The summed E-state index contributed by atoms with van der Waals surface area (Å²) in [6.45, 7) is 0.538. The van der Waals surface area contributed by atoms with E-state index < -0.39 is 5.97 Å². The summed E-state index contributed by atoms with van der Waals surface area (Å²) in [7, 11) is 0. The Morgan fingerprint density at radius 2 is 2.38 bits per heavy atom. The fourth-order valence-corrected chi connectivity index (χ4v) is 1.69. The summed E-state index contributed by atoms with van der Waals surface area (Å²) in [4.78, 5) is 10.7. The molecule has 0 aliphatic carbocycles. The molecule has 1 aromatic carbocycles. The van der Waals surface area contributed by atoms with Crippen LogP contribution in [0.15, 0.2) is 29.8 Å². The van der Waals surface area contributed by atoms with Crippen LogP contribution in [0.25, 0.3) is 0 Å². The van der Waals surface area contributed by atoms with Crippen molar-refractivity contribution >= 4 is 22.4 Å². The average molecular weight is 235 g/mol. The Balaban J connectivity index is 2.04. The minimum Gasteiger partial charge on any atom is -0.478 e. The molecule has 0 aliphatic rings. The monoisotopic (exact) mass is 235 g/mol. The van der Waals surface area contributed by atoms with Gasteiger partial charge in [0.05, 0.1) is 5.56 Å². The number of hydrogen-bond acceptors (Lipinski definition) is 5. The summed E-state index contributed by atoms with van der Waals surface area (Å²) in [5.41, 5.74) is 2.82. The molecule has 0 saturated carbocycles. The lowest BCUT2D eigenvalue weighted by molar-refractivity contribution is 0.0697. The quantitative estimate of drug-likeness (QED) is 0.845. The van der Waals surface area contributed by atoms with Crippen LogP contribution in [0, 0.1) is 0 Å². The van der Waals surface area contributed by atoms with Gasteiger partial charge in [-0.3, -0.25) is 0 Å². The summed E-state index contributed by atoms with van der Waals surface area (Å²) >= 11 is 1.40. The van der Waals surface area contributed by atoms with E-state index in [1.807, 2.05) is 6.07 Å². The van der Waals surface area contributed by atoms with Crippen LogP contribution in [0.2, 0.25) is 0 Å². The molecule has 0 unspecified atom stereocenters. The van der Waals surface area contributed by atoms with Crippen LogP contribution in [0.5, 0.6) is 0 Å². The van der Waals surface area contributed by atoms with E-state index in [9.17, 15) is 4.79 Å². The number of carboxylic acids is 1. The molecular formula is C10H9N3O2S. The standard InChI is InChI=1S/C10H9N3O2S/c14-9(15)8-3-1-2-7(4-8)5-11-10-13-12-6-16-10/h1-4,6H,5H2,(H,11,13)(H,14,15). The highest BCUT2D eigenvalue weighted by Gasteiger charge is 2.03. The highest BCUT2D eigenvalue weighted by molar-refractivity contribution is 7.13. The third kappa shape index (κ3) is 2.54. The van der Waals surface area contributed by atoms with E-state index in [2.05, 4.69) is 15.5 Å². The van der Waals surface area contributed by atoms with Crippen molar-refractivity contribution in [2.24, 2.45) is 0 Å². The SMILES string of the molecule is O=C(O)c1cccc(CNc2nncs2)c1. The molecule has 0 spiro atoms. The van der Waals surface area contributed by atoms with Crippen LogP contribution in [-0.2, 0) is 6.54 Å². The molecule has 1 heterocycles. The highest BCUT2D eigenvalue weighted by Crippen LogP contribution is 2.11. The number of nitrogens with one attached hydrogen (secondary N) is 1. The van der Waals surface area contributed by atoms with E-state index in [1.54, 1.807) is 23.7 Å². The fourth-order valence-electron chi connectivity index (χ4n) is 1.24. The number of carboxylic acid groups (broad SMARTS) is 1. The number of rotatable bonds is 4. The van der Waals surface area contributed by atoms with E-state index in [4.69, 9.17) is 5.11 Å².